The minimum absolute atomic E-state index is 0.717. The van der Waals surface area contributed by atoms with Crippen LogP contribution in [-0.2, 0) is 0 Å². The van der Waals surface area contributed by atoms with Crippen molar-refractivity contribution in [2.75, 3.05) is 0 Å². The Labute approximate surface area is 112 Å². The fourth-order valence-corrected chi connectivity index (χ4v) is 2.78. The van der Waals surface area contributed by atoms with E-state index in [0.717, 1.165) is 16.9 Å². The molecule has 5 heteroatoms. The van der Waals surface area contributed by atoms with E-state index in [4.69, 9.17) is 4.42 Å². The summed E-state index contributed by atoms with van der Waals surface area (Å²) < 4.78 is 4.98. The van der Waals surface area contributed by atoms with Crippen LogP contribution in [0.5, 0.6) is 0 Å². The lowest BCUT2D eigenvalue weighted by molar-refractivity contribution is 0.558. The molecule has 0 aliphatic carbocycles. The Hall–Kier alpha value is -2.40. The smallest absolute Gasteiger partial charge is 0.181 e. The highest BCUT2D eigenvalue weighted by Gasteiger charge is 2.08. The van der Waals surface area contributed by atoms with Gasteiger partial charge >= 0.3 is 0 Å². The Kier molecular flexibility index (Phi) is 2.25. The maximum atomic E-state index is 4.98. The van der Waals surface area contributed by atoms with Gasteiger partial charge in [-0.05, 0) is 29.1 Å². The summed E-state index contributed by atoms with van der Waals surface area (Å²) in [6.07, 6.45) is 2.98. The van der Waals surface area contributed by atoms with Gasteiger partial charge in [-0.1, -0.05) is 12.1 Å². The third kappa shape index (κ3) is 1.75. The molecule has 92 valence electrons. The molecule has 4 nitrogen and oxygen atoms in total. The Balaban J connectivity index is 1.86. The van der Waals surface area contributed by atoms with Crippen molar-refractivity contribution in [2.24, 2.45) is 0 Å². The van der Waals surface area contributed by atoms with E-state index in [9.17, 15) is 0 Å². The molecule has 0 unspecified atom stereocenters. The molecule has 0 fully saturated rings. The maximum Gasteiger partial charge on any atom is 0.181 e. The van der Waals surface area contributed by atoms with Crippen molar-refractivity contribution < 1.29 is 4.42 Å². The lowest BCUT2D eigenvalue weighted by Crippen LogP contribution is -1.77. The first-order valence-electron chi connectivity index (χ1n) is 5.82. The molecule has 4 aromatic rings. The molecular formula is C14H9N3OS. The van der Waals surface area contributed by atoms with Crippen LogP contribution in [0.15, 0.2) is 52.8 Å². The first-order chi connectivity index (χ1) is 9.40. The lowest BCUT2D eigenvalue weighted by Gasteiger charge is -1.96. The molecule has 0 aliphatic rings. The van der Waals surface area contributed by atoms with Crippen molar-refractivity contribution in [1.82, 2.24) is 15.0 Å². The quantitative estimate of drug-likeness (QED) is 0.598. The number of H-pyrrole nitrogens is 1. The Morgan fingerprint density at radius 1 is 1.21 bits per heavy atom. The molecule has 1 aromatic carbocycles. The minimum atomic E-state index is 0.717. The largest absolute Gasteiger partial charge is 0.451 e. The molecule has 19 heavy (non-hydrogen) atoms. The Morgan fingerprint density at radius 3 is 3.00 bits per heavy atom. The van der Waals surface area contributed by atoms with Crippen LogP contribution < -0.4 is 0 Å². The molecule has 0 saturated heterocycles. The number of benzene rings is 1. The zero-order chi connectivity index (χ0) is 12.7. The van der Waals surface area contributed by atoms with Crippen molar-refractivity contribution in [2.45, 2.75) is 0 Å². The number of hydrogen-bond acceptors (Lipinski definition) is 4. The molecule has 0 radical (unpaired) electrons. The number of nitrogens with zero attached hydrogens (tertiary/aromatic N) is 2. The third-order valence-electron chi connectivity index (χ3n) is 2.96. The number of fused-ring (bicyclic) bond motifs is 1. The van der Waals surface area contributed by atoms with Gasteiger partial charge in [-0.25, -0.2) is 9.97 Å². The van der Waals surface area contributed by atoms with Gasteiger partial charge in [0.05, 0.1) is 11.0 Å². The number of aromatic nitrogens is 3. The van der Waals surface area contributed by atoms with Crippen molar-refractivity contribution in [3.8, 4) is 22.0 Å². The molecule has 0 amide bonds. The summed E-state index contributed by atoms with van der Waals surface area (Å²) in [5.74, 6) is 0.729. The second kappa shape index (κ2) is 4.07. The van der Waals surface area contributed by atoms with Crippen LogP contribution in [0.4, 0.5) is 0 Å². The molecule has 3 heterocycles. The molecule has 0 saturated carbocycles. The summed E-state index contributed by atoms with van der Waals surface area (Å²) in [6, 6.07) is 10.4. The second-order valence-electron chi connectivity index (χ2n) is 4.17. The van der Waals surface area contributed by atoms with E-state index in [2.05, 4.69) is 44.6 Å². The number of aromatic amines is 1. The van der Waals surface area contributed by atoms with Gasteiger partial charge in [-0.15, -0.1) is 11.3 Å². The van der Waals surface area contributed by atoms with E-state index >= 15 is 0 Å². The highest BCUT2D eigenvalue weighted by molar-refractivity contribution is 7.13. The lowest BCUT2D eigenvalue weighted by atomic mass is 10.2. The third-order valence-corrected chi connectivity index (χ3v) is 3.88. The van der Waals surface area contributed by atoms with Gasteiger partial charge in [0, 0.05) is 4.88 Å². The minimum Gasteiger partial charge on any atom is -0.451 e. The van der Waals surface area contributed by atoms with Gasteiger partial charge in [-0.2, -0.15) is 0 Å². The number of rotatable bonds is 2. The summed E-state index contributed by atoms with van der Waals surface area (Å²) in [5, 5.41) is 2.08. The Bertz CT molecular complexity index is 784. The summed E-state index contributed by atoms with van der Waals surface area (Å²) in [4.78, 5) is 13.1. The molecule has 0 atom stereocenters. The maximum absolute atomic E-state index is 4.98. The van der Waals surface area contributed by atoms with Crippen molar-refractivity contribution >= 4 is 22.4 Å². The number of nitrogens with one attached hydrogen (secondary N) is 1. The first kappa shape index (κ1) is 10.5. The Morgan fingerprint density at radius 2 is 2.21 bits per heavy atom. The van der Waals surface area contributed by atoms with E-state index in [1.54, 1.807) is 17.6 Å². The second-order valence-corrected chi connectivity index (χ2v) is 5.12. The van der Waals surface area contributed by atoms with Gasteiger partial charge in [0.2, 0.25) is 0 Å². The van der Waals surface area contributed by atoms with Gasteiger partial charge < -0.3 is 9.40 Å². The molecule has 0 bridgehead atoms. The van der Waals surface area contributed by atoms with Crippen molar-refractivity contribution in [1.29, 1.82) is 0 Å². The zero-order valence-corrected chi connectivity index (χ0v) is 10.6. The standard InChI is InChI=1S/C14H9N3OS/c1-2-13(19-5-1)9-3-4-10-11(6-9)17-14(16-10)12-7-18-8-15-12/h1-8H,(H,16,17). The van der Waals surface area contributed by atoms with Crippen molar-refractivity contribution in [3.63, 3.8) is 0 Å². The molecule has 0 spiro atoms. The fraction of sp³-hybridized carbons (Fsp3) is 0. The SMILES string of the molecule is c1csc(-c2ccc3nc(-c4cocn4)[nH]c3c2)c1. The summed E-state index contributed by atoms with van der Waals surface area (Å²) in [6.45, 7) is 0. The predicted octanol–water partition coefficient (Wildman–Crippen LogP) is 3.95. The van der Waals surface area contributed by atoms with Crippen LogP contribution in [0, 0.1) is 0 Å². The first-order valence-corrected chi connectivity index (χ1v) is 6.70. The number of oxazole rings is 1. The van der Waals surface area contributed by atoms with Gasteiger partial charge in [0.1, 0.15) is 12.0 Å². The monoisotopic (exact) mass is 267 g/mol. The zero-order valence-electron chi connectivity index (χ0n) is 9.83. The molecule has 3 aromatic heterocycles. The topological polar surface area (TPSA) is 54.7 Å². The normalized spacial score (nSPS) is 11.2. The van der Waals surface area contributed by atoms with E-state index in [-0.39, 0.29) is 0 Å². The van der Waals surface area contributed by atoms with Crippen LogP contribution >= 0.6 is 11.3 Å². The van der Waals surface area contributed by atoms with E-state index < -0.39 is 0 Å². The molecule has 0 aliphatic heterocycles. The van der Waals surface area contributed by atoms with Crippen LogP contribution in [0.1, 0.15) is 0 Å². The highest BCUT2D eigenvalue weighted by Crippen LogP contribution is 2.28. The summed E-state index contributed by atoms with van der Waals surface area (Å²) in [5.41, 5.74) is 3.84. The van der Waals surface area contributed by atoms with E-state index in [0.29, 0.717) is 5.69 Å². The average Bonchev–Trinajstić information content (AvgIpc) is 3.18. The number of hydrogen-bond donors (Lipinski definition) is 1. The van der Waals surface area contributed by atoms with Crippen LogP contribution in [0.2, 0.25) is 0 Å². The van der Waals surface area contributed by atoms with Crippen LogP contribution in [-0.4, -0.2) is 15.0 Å². The highest BCUT2D eigenvalue weighted by atomic mass is 32.1. The number of imidazole rings is 1. The van der Waals surface area contributed by atoms with Gasteiger partial charge in [-0.3, -0.25) is 0 Å². The fourth-order valence-electron chi connectivity index (χ4n) is 2.06. The summed E-state index contributed by atoms with van der Waals surface area (Å²) in [7, 11) is 0. The van der Waals surface area contributed by atoms with Gasteiger partial charge in [0.15, 0.2) is 12.2 Å². The van der Waals surface area contributed by atoms with Gasteiger partial charge in [0.25, 0.3) is 0 Å². The van der Waals surface area contributed by atoms with Crippen LogP contribution in [0.25, 0.3) is 33.0 Å². The molecule has 1 N–H and O–H groups in total. The van der Waals surface area contributed by atoms with E-state index in [1.165, 1.54) is 16.8 Å². The van der Waals surface area contributed by atoms with E-state index in [1.807, 2.05) is 6.07 Å². The summed E-state index contributed by atoms with van der Waals surface area (Å²) >= 11 is 1.73. The average molecular weight is 267 g/mol. The number of thiophene rings is 1. The predicted molar refractivity (Wildman–Crippen MR) is 74.9 cm³/mol. The molecule has 4 rings (SSSR count). The van der Waals surface area contributed by atoms with Crippen LogP contribution in [0.3, 0.4) is 0 Å². The molecular weight excluding hydrogens is 258 g/mol. The van der Waals surface area contributed by atoms with Crippen molar-refractivity contribution in [3.05, 3.63) is 48.4 Å².